The Hall–Kier alpha value is -1.98. The maximum Gasteiger partial charge on any atom is 0.397 e. The summed E-state index contributed by atoms with van der Waals surface area (Å²) in [5, 5.41) is 0. The molecule has 0 unspecified atom stereocenters. The zero-order valence-electron chi connectivity index (χ0n) is 11.0. The quantitative estimate of drug-likeness (QED) is 0.664. The molecule has 10 nitrogen and oxygen atoms in total. The summed E-state index contributed by atoms with van der Waals surface area (Å²) >= 11 is 0. The minimum Gasteiger partial charge on any atom is -0.339 e. The van der Waals surface area contributed by atoms with Crippen molar-refractivity contribution in [3.8, 4) is 0 Å². The van der Waals surface area contributed by atoms with Crippen LogP contribution in [0.4, 0.5) is 0 Å². The summed E-state index contributed by atoms with van der Waals surface area (Å²) in [6.45, 7) is 1.44. The fraction of sp³-hybridized carbons (Fsp3) is 0.444. The Kier molecular flexibility index (Phi) is 4.81. The average molecular weight is 306 g/mol. The topological polar surface area (TPSA) is 136 Å². The van der Waals surface area contributed by atoms with E-state index in [-0.39, 0.29) is 17.9 Å². The van der Waals surface area contributed by atoms with Gasteiger partial charge < -0.3 is 4.98 Å². The lowest BCUT2D eigenvalue weighted by atomic mass is 10.5. The van der Waals surface area contributed by atoms with Crippen molar-refractivity contribution >= 4 is 21.6 Å². The van der Waals surface area contributed by atoms with Gasteiger partial charge in [-0.2, -0.15) is 8.42 Å². The van der Waals surface area contributed by atoms with Crippen LogP contribution in [0.25, 0.3) is 11.2 Å². The average Bonchev–Trinajstić information content (AvgIpc) is 2.82. The fourth-order valence-electron chi connectivity index (χ4n) is 1.42. The van der Waals surface area contributed by atoms with Crippen molar-refractivity contribution in [1.29, 1.82) is 0 Å². The van der Waals surface area contributed by atoms with Crippen LogP contribution < -0.4 is 11.2 Å². The van der Waals surface area contributed by atoms with Crippen molar-refractivity contribution in [2.75, 3.05) is 6.61 Å². The van der Waals surface area contributed by atoms with Crippen molar-refractivity contribution in [1.82, 2.24) is 19.1 Å². The number of rotatable bonds is 2. The molecule has 2 heterocycles. The molecule has 0 amide bonds. The summed E-state index contributed by atoms with van der Waals surface area (Å²) in [4.78, 5) is 29.4. The minimum atomic E-state index is -4.17. The Morgan fingerprint density at radius 2 is 1.95 bits per heavy atom. The molecule has 0 aliphatic heterocycles. The first-order chi connectivity index (χ1) is 9.19. The highest BCUT2D eigenvalue weighted by Gasteiger charge is 2.08. The highest BCUT2D eigenvalue weighted by molar-refractivity contribution is 7.80. The van der Waals surface area contributed by atoms with Gasteiger partial charge >= 0.3 is 16.1 Å². The molecule has 0 atom stereocenters. The van der Waals surface area contributed by atoms with Gasteiger partial charge in [-0.05, 0) is 6.92 Å². The van der Waals surface area contributed by atoms with Crippen molar-refractivity contribution in [2.24, 2.45) is 14.1 Å². The lowest BCUT2D eigenvalue weighted by Crippen LogP contribution is -2.36. The molecule has 11 heteroatoms. The van der Waals surface area contributed by atoms with E-state index in [4.69, 9.17) is 4.55 Å². The zero-order chi connectivity index (χ0) is 15.5. The number of aromatic amines is 1. The predicted octanol–water partition coefficient (Wildman–Crippen LogP) is -1.21. The Morgan fingerprint density at radius 1 is 1.35 bits per heavy atom. The van der Waals surface area contributed by atoms with Gasteiger partial charge in [-0.25, -0.2) is 14.0 Å². The summed E-state index contributed by atoms with van der Waals surface area (Å²) in [7, 11) is -1.16. The fourth-order valence-corrected chi connectivity index (χ4v) is 1.72. The molecule has 0 aliphatic rings. The normalized spacial score (nSPS) is 11.2. The maximum absolute atomic E-state index is 11.4. The SMILES string of the molecule is CCOS(=O)(=O)O.Cn1c(=O)c2[nH]cnc2n(C)c1=O. The molecule has 0 spiro atoms. The molecule has 0 aliphatic carbocycles. The maximum atomic E-state index is 11.4. The van der Waals surface area contributed by atoms with Crippen LogP contribution in [0.15, 0.2) is 15.9 Å². The Bertz CT molecular complexity index is 815. The predicted molar refractivity (Wildman–Crippen MR) is 69.8 cm³/mol. The smallest absolute Gasteiger partial charge is 0.339 e. The third-order valence-electron chi connectivity index (χ3n) is 2.30. The third-order valence-corrected chi connectivity index (χ3v) is 2.83. The highest BCUT2D eigenvalue weighted by Crippen LogP contribution is 1.97. The van der Waals surface area contributed by atoms with Gasteiger partial charge in [0.2, 0.25) is 0 Å². The first-order valence-corrected chi connectivity index (χ1v) is 6.76. The van der Waals surface area contributed by atoms with Crippen LogP contribution in [0.3, 0.4) is 0 Å². The monoisotopic (exact) mass is 306 g/mol. The molecule has 112 valence electrons. The molecule has 2 rings (SSSR count). The van der Waals surface area contributed by atoms with E-state index < -0.39 is 10.4 Å². The number of imidazole rings is 1. The second-order valence-electron chi connectivity index (χ2n) is 3.64. The van der Waals surface area contributed by atoms with Gasteiger partial charge in [0.1, 0.15) is 5.52 Å². The van der Waals surface area contributed by atoms with Gasteiger partial charge in [-0.1, -0.05) is 0 Å². The molecule has 2 aromatic rings. The lowest BCUT2D eigenvalue weighted by Gasteiger charge is -2.00. The van der Waals surface area contributed by atoms with Gasteiger partial charge in [0.05, 0.1) is 12.9 Å². The molecule has 0 radical (unpaired) electrons. The molecule has 20 heavy (non-hydrogen) atoms. The Morgan fingerprint density at radius 3 is 2.40 bits per heavy atom. The third kappa shape index (κ3) is 3.53. The first-order valence-electron chi connectivity index (χ1n) is 5.40. The van der Waals surface area contributed by atoms with E-state index in [2.05, 4.69) is 14.2 Å². The number of nitrogens with one attached hydrogen (secondary N) is 1. The minimum absolute atomic E-state index is 0.0289. The van der Waals surface area contributed by atoms with Crippen molar-refractivity contribution in [3.05, 3.63) is 27.2 Å². The largest absolute Gasteiger partial charge is 0.397 e. The van der Waals surface area contributed by atoms with Gasteiger partial charge in [-0.15, -0.1) is 0 Å². The van der Waals surface area contributed by atoms with Crippen molar-refractivity contribution in [3.63, 3.8) is 0 Å². The zero-order valence-corrected chi connectivity index (χ0v) is 11.8. The van der Waals surface area contributed by atoms with E-state index in [1.165, 1.54) is 24.9 Å². The van der Waals surface area contributed by atoms with Crippen LogP contribution >= 0.6 is 0 Å². The standard InChI is InChI=1S/C7H8N4O2.C2H6O4S/c1-10-5-4(8-3-9-5)6(12)11(2)7(10)13;1-2-6-7(3,4)5/h3H,1-2H3,(H,8,9);2H2,1H3,(H,3,4,5). The van der Waals surface area contributed by atoms with E-state index in [0.29, 0.717) is 11.2 Å². The molecule has 0 saturated heterocycles. The van der Waals surface area contributed by atoms with Gasteiger partial charge in [-0.3, -0.25) is 18.5 Å². The highest BCUT2D eigenvalue weighted by atomic mass is 32.3. The van der Waals surface area contributed by atoms with Crippen molar-refractivity contribution < 1.29 is 17.2 Å². The van der Waals surface area contributed by atoms with Crippen LogP contribution in [-0.4, -0.2) is 38.7 Å². The second-order valence-corrected chi connectivity index (χ2v) is 4.73. The van der Waals surface area contributed by atoms with Crippen molar-refractivity contribution in [2.45, 2.75) is 6.92 Å². The molecule has 2 aromatic heterocycles. The van der Waals surface area contributed by atoms with E-state index >= 15 is 0 Å². The lowest BCUT2D eigenvalue weighted by molar-refractivity contribution is 0.283. The van der Waals surface area contributed by atoms with E-state index in [9.17, 15) is 18.0 Å². The summed E-state index contributed by atoms with van der Waals surface area (Å²) in [6.07, 6.45) is 1.39. The van der Waals surface area contributed by atoms with Crippen LogP contribution in [0.1, 0.15) is 6.92 Å². The summed E-state index contributed by atoms with van der Waals surface area (Å²) in [6, 6.07) is 0. The van der Waals surface area contributed by atoms with Gasteiger partial charge in [0.25, 0.3) is 5.56 Å². The van der Waals surface area contributed by atoms with Crippen LogP contribution in [0.2, 0.25) is 0 Å². The molecule has 0 aromatic carbocycles. The molecule has 0 bridgehead atoms. The van der Waals surface area contributed by atoms with Crippen LogP contribution in [0, 0.1) is 0 Å². The van der Waals surface area contributed by atoms with E-state index in [0.717, 1.165) is 4.57 Å². The summed E-state index contributed by atoms with van der Waals surface area (Å²) in [5.41, 5.74) is 0.0119. The molecule has 2 N–H and O–H groups in total. The summed E-state index contributed by atoms with van der Waals surface area (Å²) in [5.74, 6) is 0. The Balaban J connectivity index is 0.000000246. The molecule has 0 saturated carbocycles. The number of aryl methyl sites for hydroxylation is 1. The molecular formula is C9H14N4O6S. The molecule has 0 fully saturated rings. The number of H-pyrrole nitrogens is 1. The summed E-state index contributed by atoms with van der Waals surface area (Å²) < 4.78 is 33.0. The number of hydrogen-bond acceptors (Lipinski definition) is 6. The van der Waals surface area contributed by atoms with E-state index in [1.807, 2.05) is 0 Å². The number of nitrogens with zero attached hydrogens (tertiary/aromatic N) is 3. The number of aromatic nitrogens is 4. The van der Waals surface area contributed by atoms with E-state index in [1.54, 1.807) is 7.05 Å². The number of hydrogen-bond donors (Lipinski definition) is 2. The second kappa shape index (κ2) is 5.98. The van der Waals surface area contributed by atoms with Gasteiger partial charge in [0, 0.05) is 14.1 Å². The Labute approximate surface area is 113 Å². The number of fused-ring (bicyclic) bond motifs is 1. The van der Waals surface area contributed by atoms with Crippen LogP contribution in [-0.2, 0) is 28.7 Å². The molecular weight excluding hydrogens is 292 g/mol. The van der Waals surface area contributed by atoms with Crippen LogP contribution in [0.5, 0.6) is 0 Å². The van der Waals surface area contributed by atoms with Gasteiger partial charge in [0.15, 0.2) is 5.65 Å². The first kappa shape index (κ1) is 16.1.